The van der Waals surface area contributed by atoms with E-state index < -0.39 is 23.6 Å². The molecule has 2 heterocycles. The van der Waals surface area contributed by atoms with Crippen molar-refractivity contribution in [1.29, 1.82) is 0 Å². The van der Waals surface area contributed by atoms with Crippen molar-refractivity contribution in [1.82, 2.24) is 19.9 Å². The van der Waals surface area contributed by atoms with Crippen molar-refractivity contribution in [2.24, 2.45) is 27.9 Å². The third-order valence-electron chi connectivity index (χ3n) is 7.68. The summed E-state index contributed by atoms with van der Waals surface area (Å²) in [5.41, 5.74) is 24.0. The predicted octanol–water partition coefficient (Wildman–Crippen LogP) is 4.12. The fourth-order valence-electron chi connectivity index (χ4n) is 5.33. The monoisotopic (exact) mass is 659 g/mol. The number of aryl methyl sites for hydroxylation is 1. The fourth-order valence-corrected chi connectivity index (χ4v) is 5.33. The highest BCUT2D eigenvalue weighted by atomic mass is 19.4. The SMILES string of the molecule is C[C@H](N)CCCc1cc(OC(F)(F)F)c(F)c(-c2cc3cn(-c4ccc([C@H](C)NCC[C@@H](CCN)N=C(N)N)cc4)c(=O)nc3[nH]2)c1. The highest BCUT2D eigenvalue weighted by Gasteiger charge is 2.33. The van der Waals surface area contributed by atoms with Gasteiger partial charge in [-0.25, -0.2) is 9.18 Å². The highest BCUT2D eigenvalue weighted by molar-refractivity contribution is 5.83. The van der Waals surface area contributed by atoms with Crippen LogP contribution in [-0.2, 0) is 6.42 Å². The van der Waals surface area contributed by atoms with Gasteiger partial charge in [0.25, 0.3) is 0 Å². The molecule has 47 heavy (non-hydrogen) atoms. The Kier molecular flexibility index (Phi) is 11.6. The largest absolute Gasteiger partial charge is 0.573 e. The van der Waals surface area contributed by atoms with E-state index in [0.29, 0.717) is 61.8 Å². The van der Waals surface area contributed by atoms with Gasteiger partial charge >= 0.3 is 12.1 Å². The number of nitrogens with zero attached hydrogens (tertiary/aromatic N) is 3. The number of alkyl halides is 3. The zero-order chi connectivity index (χ0) is 34.3. The number of hydrogen-bond donors (Lipinski definition) is 6. The summed E-state index contributed by atoms with van der Waals surface area (Å²) in [5, 5.41) is 3.88. The minimum Gasteiger partial charge on any atom is -0.403 e. The number of halogens is 4. The number of fused-ring (bicyclic) bond motifs is 1. The molecule has 0 fully saturated rings. The van der Waals surface area contributed by atoms with E-state index in [1.54, 1.807) is 18.3 Å². The zero-order valence-electron chi connectivity index (χ0n) is 26.3. The molecule has 4 rings (SSSR count). The Morgan fingerprint density at radius 1 is 1.11 bits per heavy atom. The minimum atomic E-state index is -5.08. The fraction of sp³-hybridized carbons (Fsp3) is 0.406. The van der Waals surface area contributed by atoms with Crippen LogP contribution < -0.4 is 38.7 Å². The number of hydrogen-bond acceptors (Lipinski definition) is 7. The number of ether oxygens (including phenoxy) is 1. The van der Waals surface area contributed by atoms with Gasteiger partial charge in [0.05, 0.1) is 17.4 Å². The van der Waals surface area contributed by atoms with Gasteiger partial charge in [-0.2, -0.15) is 4.98 Å². The number of aromatic nitrogens is 3. The smallest absolute Gasteiger partial charge is 0.403 e. The third-order valence-corrected chi connectivity index (χ3v) is 7.68. The standard InChI is InChI=1S/C32H41F4N9O2/c1-18(38)4-3-5-20-14-25(28(33)27(15-20)47-32(34,35)36)26-16-22-17-45(31(46)44-29(22)43-26)24-8-6-21(7-9-24)19(2)41-13-11-23(10-12-37)42-30(39)40/h6-9,14-19,23,41H,3-5,10-13,37-38H2,1-2H3,(H4,39,40,42)(H,43,44,46)/t18-,19-,23+/m0/s1. The first kappa shape index (κ1) is 35.4. The summed E-state index contributed by atoms with van der Waals surface area (Å²) in [7, 11) is 0. The van der Waals surface area contributed by atoms with Crippen molar-refractivity contribution in [3.8, 4) is 22.7 Å². The number of benzene rings is 2. The van der Waals surface area contributed by atoms with Crippen LogP contribution in [0.2, 0.25) is 0 Å². The molecule has 10 N–H and O–H groups in total. The second kappa shape index (κ2) is 15.4. The summed E-state index contributed by atoms with van der Waals surface area (Å²) in [4.78, 5) is 24.2. The number of aliphatic imine (C=N–C) groups is 1. The van der Waals surface area contributed by atoms with Gasteiger partial charge < -0.3 is 38.0 Å². The van der Waals surface area contributed by atoms with Crippen LogP contribution in [0, 0.1) is 5.82 Å². The Morgan fingerprint density at radius 2 is 1.83 bits per heavy atom. The van der Waals surface area contributed by atoms with E-state index in [0.717, 1.165) is 11.6 Å². The summed E-state index contributed by atoms with van der Waals surface area (Å²) >= 11 is 0. The molecular formula is C32H41F4N9O2. The molecule has 0 saturated heterocycles. The van der Waals surface area contributed by atoms with Crippen LogP contribution in [0.25, 0.3) is 28.0 Å². The number of nitrogens with two attached hydrogens (primary N) is 4. The lowest BCUT2D eigenvalue weighted by Gasteiger charge is -2.17. The van der Waals surface area contributed by atoms with Gasteiger partial charge in [0.15, 0.2) is 17.5 Å². The van der Waals surface area contributed by atoms with Crippen molar-refractivity contribution in [3.63, 3.8) is 0 Å². The van der Waals surface area contributed by atoms with Crippen molar-refractivity contribution < 1.29 is 22.3 Å². The van der Waals surface area contributed by atoms with E-state index >= 15 is 4.39 Å². The third kappa shape index (κ3) is 9.76. The van der Waals surface area contributed by atoms with E-state index in [2.05, 4.69) is 25.0 Å². The summed E-state index contributed by atoms with van der Waals surface area (Å²) in [6, 6.07) is 11.2. The van der Waals surface area contributed by atoms with Crippen molar-refractivity contribution in [3.05, 3.63) is 76.1 Å². The van der Waals surface area contributed by atoms with E-state index in [1.165, 1.54) is 16.7 Å². The molecule has 0 radical (unpaired) electrons. The van der Waals surface area contributed by atoms with Gasteiger partial charge in [-0.3, -0.25) is 9.56 Å². The molecule has 0 bridgehead atoms. The van der Waals surface area contributed by atoms with Gasteiger partial charge in [0, 0.05) is 29.2 Å². The Balaban J connectivity index is 1.56. The van der Waals surface area contributed by atoms with Crippen molar-refractivity contribution >= 4 is 17.0 Å². The maximum absolute atomic E-state index is 15.4. The Bertz CT molecular complexity index is 1730. The van der Waals surface area contributed by atoms with E-state index in [-0.39, 0.29) is 41.0 Å². The number of H-pyrrole nitrogens is 1. The van der Waals surface area contributed by atoms with Gasteiger partial charge in [-0.1, -0.05) is 12.1 Å². The molecular weight excluding hydrogens is 618 g/mol. The lowest BCUT2D eigenvalue weighted by Crippen LogP contribution is -2.29. The molecule has 0 amide bonds. The lowest BCUT2D eigenvalue weighted by molar-refractivity contribution is -0.275. The molecule has 0 aliphatic rings. The molecule has 4 aromatic rings. The van der Waals surface area contributed by atoms with Crippen LogP contribution in [0.15, 0.2) is 58.4 Å². The molecule has 2 aromatic carbocycles. The minimum absolute atomic E-state index is 0.0121. The van der Waals surface area contributed by atoms with Crippen molar-refractivity contribution in [2.75, 3.05) is 13.1 Å². The maximum Gasteiger partial charge on any atom is 0.573 e. The first-order chi connectivity index (χ1) is 22.2. The van der Waals surface area contributed by atoms with Crippen LogP contribution in [-0.4, -0.2) is 52.0 Å². The average Bonchev–Trinajstić information content (AvgIpc) is 3.39. The number of nitrogens with one attached hydrogen (secondary N) is 2. The summed E-state index contributed by atoms with van der Waals surface area (Å²) in [6.45, 7) is 4.96. The van der Waals surface area contributed by atoms with Gasteiger partial charge in [-0.05, 0) is 100 Å². The second-order valence-corrected chi connectivity index (χ2v) is 11.6. The molecule has 11 nitrogen and oxygen atoms in total. The van der Waals surface area contributed by atoms with Crippen LogP contribution in [0.5, 0.6) is 5.75 Å². The van der Waals surface area contributed by atoms with Gasteiger partial charge in [-0.15, -0.1) is 13.2 Å². The summed E-state index contributed by atoms with van der Waals surface area (Å²) in [6.07, 6.45) is -0.582. The summed E-state index contributed by atoms with van der Waals surface area (Å²) in [5.74, 6) is -2.10. The Morgan fingerprint density at radius 3 is 2.47 bits per heavy atom. The molecule has 0 aliphatic heterocycles. The molecule has 3 atom stereocenters. The van der Waals surface area contributed by atoms with Crippen LogP contribution in [0.1, 0.15) is 56.7 Å². The maximum atomic E-state index is 15.4. The molecule has 15 heteroatoms. The molecule has 254 valence electrons. The quantitative estimate of drug-likeness (QED) is 0.0624. The van der Waals surface area contributed by atoms with Gasteiger partial charge in [0.2, 0.25) is 0 Å². The Labute approximate surface area is 269 Å². The molecule has 2 aromatic heterocycles. The van der Waals surface area contributed by atoms with E-state index in [9.17, 15) is 18.0 Å². The molecule has 0 aliphatic carbocycles. The van der Waals surface area contributed by atoms with Gasteiger partial charge in [0.1, 0.15) is 5.65 Å². The first-order valence-corrected chi connectivity index (χ1v) is 15.3. The van der Waals surface area contributed by atoms with E-state index in [4.69, 9.17) is 22.9 Å². The summed E-state index contributed by atoms with van der Waals surface area (Å²) < 4.78 is 60.0. The lowest BCUT2D eigenvalue weighted by atomic mass is 10.0. The van der Waals surface area contributed by atoms with Crippen molar-refractivity contribution in [2.45, 2.75) is 70.4 Å². The molecule has 0 spiro atoms. The predicted molar refractivity (Wildman–Crippen MR) is 175 cm³/mol. The van der Waals surface area contributed by atoms with Crippen LogP contribution >= 0.6 is 0 Å². The normalized spacial score (nSPS) is 13.8. The number of rotatable bonds is 15. The van der Waals surface area contributed by atoms with E-state index in [1.807, 2.05) is 26.0 Å². The average molecular weight is 660 g/mol. The first-order valence-electron chi connectivity index (χ1n) is 15.3. The van der Waals surface area contributed by atoms with Crippen LogP contribution in [0.4, 0.5) is 17.6 Å². The number of aromatic amines is 1. The molecule has 0 saturated carbocycles. The highest BCUT2D eigenvalue weighted by Crippen LogP contribution is 2.35. The molecule has 0 unspecified atom stereocenters. The van der Waals surface area contributed by atoms with Crippen LogP contribution in [0.3, 0.4) is 0 Å². The Hall–Kier alpha value is -4.47. The topological polar surface area (TPSA) is 188 Å². The number of guanidine groups is 1. The second-order valence-electron chi connectivity index (χ2n) is 11.6. The zero-order valence-corrected chi connectivity index (χ0v) is 26.3.